The first-order valence-corrected chi connectivity index (χ1v) is 7.97. The lowest BCUT2D eigenvalue weighted by Crippen LogP contribution is -2.59. The number of thiophene rings is 1. The van der Waals surface area contributed by atoms with Crippen LogP contribution in [0.25, 0.3) is 0 Å². The Morgan fingerprint density at radius 2 is 2.05 bits per heavy atom. The van der Waals surface area contributed by atoms with Crippen molar-refractivity contribution in [1.82, 2.24) is 9.80 Å². The average molecular weight is 302 g/mol. The lowest BCUT2D eigenvalue weighted by Gasteiger charge is -2.48. The molecule has 0 amide bonds. The Morgan fingerprint density at radius 1 is 1.37 bits per heavy atom. The van der Waals surface area contributed by atoms with E-state index in [0.29, 0.717) is 0 Å². The van der Waals surface area contributed by atoms with E-state index in [9.17, 15) is 0 Å². The molecule has 3 nitrogen and oxygen atoms in total. The summed E-state index contributed by atoms with van der Waals surface area (Å²) in [6, 6.07) is 4.46. The van der Waals surface area contributed by atoms with Crippen LogP contribution in [0, 0.1) is 0 Å². The molecule has 2 atom stereocenters. The molecule has 1 saturated heterocycles. The SMILES string of the molecule is CC(N)C(c1ccc(Cl)s1)N1CCN(C)C(C)(C)C1. The highest BCUT2D eigenvalue weighted by Crippen LogP contribution is 2.34. The van der Waals surface area contributed by atoms with E-state index in [1.54, 1.807) is 11.3 Å². The van der Waals surface area contributed by atoms with Crippen LogP contribution < -0.4 is 5.73 Å². The van der Waals surface area contributed by atoms with E-state index in [1.165, 1.54) is 4.88 Å². The monoisotopic (exact) mass is 301 g/mol. The number of hydrogen-bond donors (Lipinski definition) is 1. The molecule has 1 fully saturated rings. The maximum atomic E-state index is 6.24. The zero-order valence-corrected chi connectivity index (χ0v) is 13.8. The standard InChI is InChI=1S/C14H24ClN3S/c1-10(16)13(11-5-6-12(15)19-11)18-8-7-17(4)14(2,3)9-18/h5-6,10,13H,7-9,16H2,1-4H3. The van der Waals surface area contributed by atoms with Gasteiger partial charge in [-0.15, -0.1) is 11.3 Å². The first kappa shape index (κ1) is 15.3. The van der Waals surface area contributed by atoms with Crippen molar-refractivity contribution in [2.45, 2.75) is 38.4 Å². The molecular formula is C14H24ClN3S. The second kappa shape index (κ2) is 5.70. The van der Waals surface area contributed by atoms with Crippen molar-refractivity contribution in [1.29, 1.82) is 0 Å². The summed E-state index contributed by atoms with van der Waals surface area (Å²) in [7, 11) is 2.19. The normalized spacial score (nSPS) is 24.3. The van der Waals surface area contributed by atoms with Crippen molar-refractivity contribution in [3.05, 3.63) is 21.3 Å². The van der Waals surface area contributed by atoms with Crippen LogP contribution in [0.5, 0.6) is 0 Å². The van der Waals surface area contributed by atoms with Crippen LogP contribution in [0.2, 0.25) is 4.34 Å². The summed E-state index contributed by atoms with van der Waals surface area (Å²) >= 11 is 7.73. The zero-order chi connectivity index (χ0) is 14.2. The molecule has 5 heteroatoms. The van der Waals surface area contributed by atoms with Crippen molar-refractivity contribution in [3.8, 4) is 0 Å². The molecule has 2 N–H and O–H groups in total. The zero-order valence-electron chi connectivity index (χ0n) is 12.2. The van der Waals surface area contributed by atoms with Gasteiger partial charge in [-0.25, -0.2) is 0 Å². The molecule has 108 valence electrons. The van der Waals surface area contributed by atoms with E-state index >= 15 is 0 Å². The fourth-order valence-corrected chi connectivity index (χ4v) is 4.09. The molecule has 0 aromatic carbocycles. The Labute approximate surface area is 125 Å². The Bertz CT molecular complexity index is 430. The summed E-state index contributed by atoms with van der Waals surface area (Å²) < 4.78 is 0.842. The lowest BCUT2D eigenvalue weighted by molar-refractivity contribution is 0.0121. The van der Waals surface area contributed by atoms with E-state index in [4.69, 9.17) is 17.3 Å². The minimum Gasteiger partial charge on any atom is -0.326 e. The topological polar surface area (TPSA) is 32.5 Å². The van der Waals surface area contributed by atoms with Gasteiger partial charge < -0.3 is 5.73 Å². The van der Waals surface area contributed by atoms with Gasteiger partial charge in [0.05, 0.1) is 10.4 Å². The summed E-state index contributed by atoms with van der Waals surface area (Å²) in [4.78, 5) is 6.20. The molecule has 0 saturated carbocycles. The minimum absolute atomic E-state index is 0.105. The maximum Gasteiger partial charge on any atom is 0.0931 e. The van der Waals surface area contributed by atoms with Crippen LogP contribution in [0.4, 0.5) is 0 Å². The van der Waals surface area contributed by atoms with Crippen molar-refractivity contribution in [3.63, 3.8) is 0 Å². The maximum absolute atomic E-state index is 6.24. The molecule has 0 spiro atoms. The Kier molecular flexibility index (Phi) is 4.58. The van der Waals surface area contributed by atoms with Gasteiger partial charge in [-0.3, -0.25) is 9.80 Å². The number of likely N-dealkylation sites (N-methyl/N-ethyl adjacent to an activating group) is 1. The van der Waals surface area contributed by atoms with Gasteiger partial charge in [-0.1, -0.05) is 11.6 Å². The molecule has 1 aliphatic rings. The quantitative estimate of drug-likeness (QED) is 0.932. The van der Waals surface area contributed by atoms with E-state index < -0.39 is 0 Å². The number of hydrogen-bond acceptors (Lipinski definition) is 4. The van der Waals surface area contributed by atoms with Crippen LogP contribution in [0.3, 0.4) is 0 Å². The molecule has 19 heavy (non-hydrogen) atoms. The fourth-order valence-electron chi connectivity index (χ4n) is 2.77. The molecule has 1 aliphatic heterocycles. The Morgan fingerprint density at radius 3 is 2.53 bits per heavy atom. The van der Waals surface area contributed by atoms with Crippen molar-refractivity contribution >= 4 is 22.9 Å². The van der Waals surface area contributed by atoms with E-state index in [2.05, 4.69) is 43.7 Å². The van der Waals surface area contributed by atoms with Crippen LogP contribution in [0.1, 0.15) is 31.7 Å². The summed E-state index contributed by atoms with van der Waals surface area (Å²) in [6.45, 7) is 9.84. The van der Waals surface area contributed by atoms with Gasteiger partial charge >= 0.3 is 0 Å². The smallest absolute Gasteiger partial charge is 0.0931 e. The molecule has 1 aromatic rings. The van der Waals surface area contributed by atoms with Crippen molar-refractivity contribution < 1.29 is 0 Å². The summed E-state index contributed by atoms with van der Waals surface area (Å²) in [5, 5.41) is 0. The van der Waals surface area contributed by atoms with Gasteiger partial charge in [0, 0.05) is 36.1 Å². The minimum atomic E-state index is 0.105. The Balaban J connectivity index is 2.21. The third-order valence-corrected chi connectivity index (χ3v) is 5.42. The predicted octanol–water partition coefficient (Wildman–Crippen LogP) is 2.82. The molecule has 1 aromatic heterocycles. The van der Waals surface area contributed by atoms with Gasteiger partial charge in [0.25, 0.3) is 0 Å². The van der Waals surface area contributed by atoms with E-state index in [0.717, 1.165) is 24.0 Å². The van der Waals surface area contributed by atoms with Gasteiger partial charge in [-0.05, 0) is 40.0 Å². The van der Waals surface area contributed by atoms with Crippen LogP contribution in [-0.4, -0.2) is 48.1 Å². The largest absolute Gasteiger partial charge is 0.326 e. The molecular weight excluding hydrogens is 278 g/mol. The Hall–Kier alpha value is -0.130. The van der Waals surface area contributed by atoms with Gasteiger partial charge in [0.2, 0.25) is 0 Å². The van der Waals surface area contributed by atoms with Crippen LogP contribution in [0.15, 0.2) is 12.1 Å². The summed E-state index contributed by atoms with van der Waals surface area (Å²) in [5.41, 5.74) is 6.43. The highest BCUT2D eigenvalue weighted by Gasteiger charge is 2.36. The summed E-state index contributed by atoms with van der Waals surface area (Å²) in [6.07, 6.45) is 0. The summed E-state index contributed by atoms with van der Waals surface area (Å²) in [5.74, 6) is 0. The number of halogens is 1. The first-order valence-electron chi connectivity index (χ1n) is 6.77. The predicted molar refractivity (Wildman–Crippen MR) is 84.0 cm³/mol. The van der Waals surface area contributed by atoms with E-state index in [1.807, 2.05) is 6.07 Å². The highest BCUT2D eigenvalue weighted by atomic mass is 35.5. The van der Waals surface area contributed by atoms with Crippen molar-refractivity contribution in [2.24, 2.45) is 5.73 Å². The van der Waals surface area contributed by atoms with Gasteiger partial charge in [0.15, 0.2) is 0 Å². The molecule has 2 heterocycles. The highest BCUT2D eigenvalue weighted by molar-refractivity contribution is 7.16. The molecule has 0 radical (unpaired) electrons. The number of piperazine rings is 1. The molecule has 2 rings (SSSR count). The van der Waals surface area contributed by atoms with Crippen LogP contribution >= 0.6 is 22.9 Å². The molecule has 2 unspecified atom stereocenters. The van der Waals surface area contributed by atoms with Gasteiger partial charge in [-0.2, -0.15) is 0 Å². The number of rotatable bonds is 3. The number of nitrogens with zero attached hydrogens (tertiary/aromatic N) is 2. The number of nitrogens with two attached hydrogens (primary N) is 1. The lowest BCUT2D eigenvalue weighted by atomic mass is 9.96. The fraction of sp³-hybridized carbons (Fsp3) is 0.714. The van der Waals surface area contributed by atoms with Crippen LogP contribution in [-0.2, 0) is 0 Å². The van der Waals surface area contributed by atoms with Gasteiger partial charge in [0.1, 0.15) is 0 Å². The third kappa shape index (κ3) is 3.31. The molecule has 0 aliphatic carbocycles. The van der Waals surface area contributed by atoms with Crippen molar-refractivity contribution in [2.75, 3.05) is 26.7 Å². The molecule has 0 bridgehead atoms. The van der Waals surface area contributed by atoms with E-state index in [-0.39, 0.29) is 17.6 Å². The third-order valence-electron chi connectivity index (χ3n) is 4.12. The first-order chi connectivity index (χ1) is 8.81. The average Bonchev–Trinajstić information content (AvgIpc) is 2.69. The second-order valence-electron chi connectivity index (χ2n) is 6.15. The second-order valence-corrected chi connectivity index (χ2v) is 7.90.